The van der Waals surface area contributed by atoms with Crippen LogP contribution < -0.4 is 5.73 Å². The molecule has 3 nitrogen and oxygen atoms in total. The number of hydrogen-bond acceptors (Lipinski definition) is 2. The zero-order valence-corrected chi connectivity index (χ0v) is 13.7. The monoisotopic (exact) mass is 361 g/mol. The molecule has 0 spiro atoms. The van der Waals surface area contributed by atoms with E-state index in [1.807, 2.05) is 36.7 Å². The highest BCUT2D eigenvalue weighted by molar-refractivity contribution is 9.10. The number of nitrogens with two attached hydrogens (primary N) is 1. The molecule has 0 saturated heterocycles. The van der Waals surface area contributed by atoms with Gasteiger partial charge in [-0.25, -0.2) is 0 Å². The predicted molar refractivity (Wildman–Crippen MR) is 82.8 cm³/mol. The van der Waals surface area contributed by atoms with Crippen LogP contribution in [0.1, 0.15) is 37.2 Å². The number of nitrogens with zero attached hydrogens (tertiary/aromatic N) is 2. The summed E-state index contributed by atoms with van der Waals surface area (Å²) in [5.41, 5.74) is 8.00. The van der Waals surface area contributed by atoms with E-state index in [-0.39, 0.29) is 12.1 Å². The minimum Gasteiger partial charge on any atom is -0.319 e. The molecule has 2 rings (SSSR count). The van der Waals surface area contributed by atoms with Gasteiger partial charge in [0, 0.05) is 15.5 Å². The van der Waals surface area contributed by atoms with Crippen LogP contribution >= 0.6 is 39.1 Å². The van der Waals surface area contributed by atoms with Gasteiger partial charge in [0.15, 0.2) is 0 Å². The molecule has 1 aromatic heterocycles. The molecule has 6 heteroatoms. The third kappa shape index (κ3) is 3.14. The summed E-state index contributed by atoms with van der Waals surface area (Å²) in [6.07, 6.45) is 1.62. The predicted octanol–water partition coefficient (Wildman–Crippen LogP) is 4.58. The average molecular weight is 363 g/mol. The quantitative estimate of drug-likeness (QED) is 0.868. The standard InChI is InChI=1S/C13H14BrCl2N3/c1-7(2)19-13(11(16)6-18-19)12(17)8-3-9(14)5-10(15)4-8/h3-7,12H,17H2,1-2H3. The van der Waals surface area contributed by atoms with Gasteiger partial charge in [-0.05, 0) is 37.6 Å². The summed E-state index contributed by atoms with van der Waals surface area (Å²) in [5.74, 6) is 0. The fourth-order valence-corrected chi connectivity index (χ4v) is 3.10. The Bertz CT molecular complexity index is 575. The van der Waals surface area contributed by atoms with E-state index in [0.717, 1.165) is 15.7 Å². The number of hydrogen-bond donors (Lipinski definition) is 1. The van der Waals surface area contributed by atoms with Crippen LogP contribution in [0.15, 0.2) is 28.9 Å². The van der Waals surface area contributed by atoms with Crippen LogP contribution in [-0.4, -0.2) is 9.78 Å². The number of aromatic nitrogens is 2. The average Bonchev–Trinajstić information content (AvgIpc) is 2.69. The molecule has 0 aliphatic rings. The zero-order valence-electron chi connectivity index (χ0n) is 10.6. The molecule has 0 amide bonds. The van der Waals surface area contributed by atoms with Crippen LogP contribution in [-0.2, 0) is 0 Å². The summed E-state index contributed by atoms with van der Waals surface area (Å²) in [4.78, 5) is 0. The van der Waals surface area contributed by atoms with Crippen LogP contribution in [0.2, 0.25) is 10.0 Å². The van der Waals surface area contributed by atoms with E-state index in [0.29, 0.717) is 10.0 Å². The van der Waals surface area contributed by atoms with Gasteiger partial charge >= 0.3 is 0 Å². The summed E-state index contributed by atoms with van der Waals surface area (Å²) in [6.45, 7) is 4.07. The molecular weight excluding hydrogens is 349 g/mol. The molecule has 19 heavy (non-hydrogen) atoms. The first-order valence-electron chi connectivity index (χ1n) is 5.84. The minimum atomic E-state index is -0.368. The second-order valence-corrected chi connectivity index (χ2v) is 6.36. The van der Waals surface area contributed by atoms with E-state index < -0.39 is 0 Å². The first-order chi connectivity index (χ1) is 8.90. The van der Waals surface area contributed by atoms with Gasteiger partial charge in [0.05, 0.1) is 23.0 Å². The van der Waals surface area contributed by atoms with Crippen molar-refractivity contribution in [1.82, 2.24) is 9.78 Å². The molecule has 1 aromatic carbocycles. The Labute approximate surface area is 130 Å². The fraction of sp³-hybridized carbons (Fsp3) is 0.308. The zero-order chi connectivity index (χ0) is 14.2. The lowest BCUT2D eigenvalue weighted by molar-refractivity contribution is 0.499. The van der Waals surface area contributed by atoms with Crippen LogP contribution in [0.3, 0.4) is 0 Å². The van der Waals surface area contributed by atoms with Crippen molar-refractivity contribution < 1.29 is 0 Å². The highest BCUT2D eigenvalue weighted by Gasteiger charge is 2.20. The van der Waals surface area contributed by atoms with Gasteiger partial charge in [-0.1, -0.05) is 39.1 Å². The largest absolute Gasteiger partial charge is 0.319 e. The SMILES string of the molecule is CC(C)n1ncc(Cl)c1C(N)c1cc(Cl)cc(Br)c1. The summed E-state index contributed by atoms with van der Waals surface area (Å²) in [5, 5.41) is 5.46. The van der Waals surface area contributed by atoms with E-state index in [4.69, 9.17) is 28.9 Å². The Morgan fingerprint density at radius 3 is 2.53 bits per heavy atom. The second kappa shape index (κ2) is 5.83. The molecule has 2 N–H and O–H groups in total. The third-order valence-corrected chi connectivity index (χ3v) is 3.78. The van der Waals surface area contributed by atoms with Crippen LogP contribution in [0.25, 0.3) is 0 Å². The molecule has 102 valence electrons. The van der Waals surface area contributed by atoms with E-state index in [9.17, 15) is 0 Å². The van der Waals surface area contributed by atoms with Crippen molar-refractivity contribution in [2.45, 2.75) is 25.9 Å². The van der Waals surface area contributed by atoms with Gasteiger partial charge in [0.25, 0.3) is 0 Å². The van der Waals surface area contributed by atoms with Gasteiger partial charge in [-0.3, -0.25) is 4.68 Å². The van der Waals surface area contributed by atoms with E-state index in [1.165, 1.54) is 0 Å². The van der Waals surface area contributed by atoms with Gasteiger partial charge in [0.1, 0.15) is 0 Å². The molecule has 0 bridgehead atoms. The van der Waals surface area contributed by atoms with Crippen LogP contribution in [0.4, 0.5) is 0 Å². The van der Waals surface area contributed by atoms with Crippen LogP contribution in [0, 0.1) is 0 Å². The van der Waals surface area contributed by atoms with E-state index in [1.54, 1.807) is 6.20 Å². The maximum Gasteiger partial charge on any atom is 0.0837 e. The number of benzene rings is 1. The molecule has 0 radical (unpaired) electrons. The Hall–Kier alpha value is -0.550. The highest BCUT2D eigenvalue weighted by Crippen LogP contribution is 2.31. The molecule has 0 aliphatic carbocycles. The second-order valence-electron chi connectivity index (χ2n) is 4.60. The lowest BCUT2D eigenvalue weighted by Gasteiger charge is -2.18. The van der Waals surface area contributed by atoms with Crippen molar-refractivity contribution >= 4 is 39.1 Å². The summed E-state index contributed by atoms with van der Waals surface area (Å²) < 4.78 is 2.72. The van der Waals surface area contributed by atoms with Crippen LogP contribution in [0.5, 0.6) is 0 Å². The van der Waals surface area contributed by atoms with Crippen molar-refractivity contribution in [2.24, 2.45) is 5.73 Å². The lowest BCUT2D eigenvalue weighted by atomic mass is 10.0. The Kier molecular flexibility index (Phi) is 4.56. The smallest absolute Gasteiger partial charge is 0.0837 e. The molecule has 0 aliphatic heterocycles. The van der Waals surface area contributed by atoms with Crippen molar-refractivity contribution in [1.29, 1.82) is 0 Å². The van der Waals surface area contributed by atoms with Crippen molar-refractivity contribution in [3.05, 3.63) is 50.2 Å². The number of halogens is 3. The Balaban J connectivity index is 2.49. The fourth-order valence-electron chi connectivity index (χ4n) is 1.97. The van der Waals surface area contributed by atoms with E-state index in [2.05, 4.69) is 21.0 Å². The Morgan fingerprint density at radius 2 is 1.95 bits per heavy atom. The molecule has 0 saturated carbocycles. The topological polar surface area (TPSA) is 43.8 Å². The molecule has 2 aromatic rings. The van der Waals surface area contributed by atoms with Crippen molar-refractivity contribution in [3.8, 4) is 0 Å². The lowest BCUT2D eigenvalue weighted by Crippen LogP contribution is -2.19. The van der Waals surface area contributed by atoms with Crippen molar-refractivity contribution in [2.75, 3.05) is 0 Å². The summed E-state index contributed by atoms with van der Waals surface area (Å²) >= 11 is 15.7. The third-order valence-electron chi connectivity index (χ3n) is 2.81. The molecule has 1 unspecified atom stereocenters. The highest BCUT2D eigenvalue weighted by atomic mass is 79.9. The van der Waals surface area contributed by atoms with E-state index >= 15 is 0 Å². The van der Waals surface area contributed by atoms with Gasteiger partial charge in [0.2, 0.25) is 0 Å². The minimum absolute atomic E-state index is 0.191. The van der Waals surface area contributed by atoms with Gasteiger partial charge in [-0.15, -0.1) is 0 Å². The first-order valence-corrected chi connectivity index (χ1v) is 7.39. The number of rotatable bonds is 3. The Morgan fingerprint density at radius 1 is 1.26 bits per heavy atom. The van der Waals surface area contributed by atoms with Gasteiger partial charge in [-0.2, -0.15) is 5.10 Å². The maximum absolute atomic E-state index is 6.31. The molecule has 1 atom stereocenters. The maximum atomic E-state index is 6.31. The molecule has 1 heterocycles. The summed E-state index contributed by atoms with van der Waals surface area (Å²) in [6, 6.07) is 5.41. The molecular formula is C13H14BrCl2N3. The van der Waals surface area contributed by atoms with Crippen molar-refractivity contribution in [3.63, 3.8) is 0 Å². The first kappa shape index (κ1) is 14.9. The molecule has 0 fully saturated rings. The van der Waals surface area contributed by atoms with Gasteiger partial charge < -0.3 is 5.73 Å². The normalized spacial score (nSPS) is 13.0. The summed E-state index contributed by atoms with van der Waals surface area (Å²) in [7, 11) is 0.